The van der Waals surface area contributed by atoms with Gasteiger partial charge in [0.15, 0.2) is 0 Å². The first kappa shape index (κ1) is 13.6. The highest BCUT2D eigenvalue weighted by atomic mass is 14.9. The minimum atomic E-state index is 0.631. The van der Waals surface area contributed by atoms with Crippen molar-refractivity contribution < 1.29 is 0 Å². The molecule has 1 fully saturated rings. The summed E-state index contributed by atoms with van der Waals surface area (Å²) < 4.78 is 0. The molecule has 1 aliphatic rings. The van der Waals surface area contributed by atoms with Crippen molar-refractivity contribution in [2.75, 3.05) is 13.1 Å². The summed E-state index contributed by atoms with van der Waals surface area (Å²) in [6.07, 6.45) is 4.46. The highest BCUT2D eigenvalue weighted by Gasteiger charge is 2.27. The van der Waals surface area contributed by atoms with E-state index in [1.54, 1.807) is 0 Å². The number of rotatable bonds is 6. The molecule has 1 rings (SSSR count). The van der Waals surface area contributed by atoms with Crippen molar-refractivity contribution in [1.29, 1.82) is 0 Å². The van der Waals surface area contributed by atoms with Gasteiger partial charge in [-0.05, 0) is 35.9 Å². The van der Waals surface area contributed by atoms with Crippen molar-refractivity contribution in [2.24, 2.45) is 29.4 Å². The summed E-state index contributed by atoms with van der Waals surface area (Å²) in [5, 5.41) is 3.33. The Morgan fingerprint density at radius 1 is 1.38 bits per heavy atom. The average Bonchev–Trinajstić information content (AvgIpc) is 2.21. The monoisotopic (exact) mass is 224 g/mol. The summed E-state index contributed by atoms with van der Waals surface area (Å²) in [5.41, 5.74) is 7.26. The second-order valence-corrected chi connectivity index (χ2v) is 5.54. The van der Waals surface area contributed by atoms with Crippen LogP contribution in [0, 0.1) is 23.7 Å². The van der Waals surface area contributed by atoms with Crippen molar-refractivity contribution in [3.8, 4) is 0 Å². The Kier molecular flexibility index (Phi) is 5.33. The fourth-order valence-corrected chi connectivity index (χ4v) is 2.52. The topological polar surface area (TPSA) is 38.0 Å². The van der Waals surface area contributed by atoms with E-state index in [9.17, 15) is 0 Å². The Balaban J connectivity index is 2.50. The van der Waals surface area contributed by atoms with Crippen LogP contribution in [0.2, 0.25) is 0 Å². The van der Waals surface area contributed by atoms with Crippen molar-refractivity contribution in [3.05, 3.63) is 11.8 Å². The highest BCUT2D eigenvalue weighted by Crippen LogP contribution is 2.31. The van der Waals surface area contributed by atoms with Crippen LogP contribution >= 0.6 is 0 Å². The maximum atomic E-state index is 5.80. The number of hydrogen-bond acceptors (Lipinski definition) is 2. The van der Waals surface area contributed by atoms with E-state index in [4.69, 9.17) is 5.73 Å². The molecule has 2 heteroatoms. The van der Waals surface area contributed by atoms with Crippen molar-refractivity contribution >= 4 is 0 Å². The molecular weight excluding hydrogens is 196 g/mol. The van der Waals surface area contributed by atoms with Gasteiger partial charge >= 0.3 is 0 Å². The van der Waals surface area contributed by atoms with Gasteiger partial charge in [-0.25, -0.2) is 0 Å². The van der Waals surface area contributed by atoms with Crippen LogP contribution in [0.15, 0.2) is 11.8 Å². The molecule has 0 aromatic rings. The van der Waals surface area contributed by atoms with E-state index in [1.165, 1.54) is 18.4 Å². The third-order valence-corrected chi connectivity index (χ3v) is 4.30. The van der Waals surface area contributed by atoms with Crippen LogP contribution in [0.25, 0.3) is 0 Å². The molecule has 1 saturated heterocycles. The van der Waals surface area contributed by atoms with E-state index in [0.717, 1.165) is 24.9 Å². The molecule has 0 amide bonds. The van der Waals surface area contributed by atoms with E-state index >= 15 is 0 Å². The van der Waals surface area contributed by atoms with Gasteiger partial charge in [0, 0.05) is 19.0 Å². The Hall–Kier alpha value is -0.500. The van der Waals surface area contributed by atoms with Crippen LogP contribution in [0.1, 0.15) is 40.5 Å². The second kappa shape index (κ2) is 6.29. The molecule has 1 heterocycles. The van der Waals surface area contributed by atoms with Gasteiger partial charge < -0.3 is 11.1 Å². The van der Waals surface area contributed by atoms with Crippen LogP contribution in [0.4, 0.5) is 0 Å². The molecule has 2 nitrogen and oxygen atoms in total. The third kappa shape index (κ3) is 3.24. The quantitative estimate of drug-likeness (QED) is 0.728. The van der Waals surface area contributed by atoms with Gasteiger partial charge in [-0.1, -0.05) is 34.1 Å². The fourth-order valence-electron chi connectivity index (χ4n) is 2.52. The number of hydrogen-bond donors (Lipinski definition) is 2. The van der Waals surface area contributed by atoms with Gasteiger partial charge in [0.1, 0.15) is 0 Å². The predicted octanol–water partition coefficient (Wildman–Crippen LogP) is 2.76. The predicted molar refractivity (Wildman–Crippen MR) is 71.0 cm³/mol. The van der Waals surface area contributed by atoms with Gasteiger partial charge in [0.05, 0.1) is 0 Å². The fraction of sp³-hybridized carbons (Fsp3) is 0.857. The molecule has 0 aromatic carbocycles. The van der Waals surface area contributed by atoms with E-state index in [2.05, 4.69) is 33.0 Å². The van der Waals surface area contributed by atoms with Crippen LogP contribution in [-0.4, -0.2) is 13.1 Å². The molecule has 16 heavy (non-hydrogen) atoms. The largest absolute Gasteiger partial charge is 0.405 e. The van der Waals surface area contributed by atoms with Crippen LogP contribution < -0.4 is 11.1 Å². The molecular formula is C14H28N2. The summed E-state index contributed by atoms with van der Waals surface area (Å²) in [7, 11) is 0. The first-order chi connectivity index (χ1) is 7.60. The molecule has 0 aliphatic carbocycles. The number of nitrogens with one attached hydrogen (secondary N) is 1. The Labute approximate surface area is 101 Å². The zero-order valence-electron chi connectivity index (χ0n) is 11.3. The van der Waals surface area contributed by atoms with Crippen LogP contribution in [0.5, 0.6) is 0 Å². The Morgan fingerprint density at radius 3 is 2.38 bits per heavy atom. The lowest BCUT2D eigenvalue weighted by Gasteiger charge is -2.35. The smallest absolute Gasteiger partial charge is 0.00673 e. The number of nitrogens with two attached hydrogens (primary N) is 1. The maximum Gasteiger partial charge on any atom is 0.00673 e. The minimum absolute atomic E-state index is 0.631. The van der Waals surface area contributed by atoms with Gasteiger partial charge in [0.2, 0.25) is 0 Å². The molecule has 0 aromatic heterocycles. The van der Waals surface area contributed by atoms with E-state index in [0.29, 0.717) is 11.8 Å². The van der Waals surface area contributed by atoms with Crippen LogP contribution in [-0.2, 0) is 0 Å². The van der Waals surface area contributed by atoms with Crippen molar-refractivity contribution in [2.45, 2.75) is 40.5 Å². The summed E-state index contributed by atoms with van der Waals surface area (Å²) >= 11 is 0. The molecule has 0 radical (unpaired) electrons. The first-order valence-corrected chi connectivity index (χ1v) is 6.72. The Morgan fingerprint density at radius 2 is 2.00 bits per heavy atom. The summed E-state index contributed by atoms with van der Waals surface area (Å²) in [6.45, 7) is 11.6. The standard InChI is InChI=1S/C14H28N2/c1-5-10(2)6-11(3)12(4)14(7-15)13-8-16-9-13/h7,10-13,16H,5-6,8-9,15H2,1-4H3/b14-7+. The van der Waals surface area contributed by atoms with Crippen molar-refractivity contribution in [3.63, 3.8) is 0 Å². The minimum Gasteiger partial charge on any atom is -0.405 e. The summed E-state index contributed by atoms with van der Waals surface area (Å²) in [6, 6.07) is 0. The lowest BCUT2D eigenvalue weighted by atomic mass is 9.76. The molecule has 0 spiro atoms. The molecule has 94 valence electrons. The SMILES string of the molecule is CCC(C)CC(C)C(C)/C(=C\N)C1CNC1. The van der Waals surface area contributed by atoms with Gasteiger partial charge in [0.25, 0.3) is 0 Å². The lowest BCUT2D eigenvalue weighted by molar-refractivity contribution is 0.293. The Bertz CT molecular complexity index is 231. The molecule has 0 bridgehead atoms. The lowest BCUT2D eigenvalue weighted by Crippen LogP contribution is -2.44. The third-order valence-electron chi connectivity index (χ3n) is 4.30. The first-order valence-electron chi connectivity index (χ1n) is 6.72. The van der Waals surface area contributed by atoms with E-state index < -0.39 is 0 Å². The van der Waals surface area contributed by atoms with Crippen LogP contribution in [0.3, 0.4) is 0 Å². The van der Waals surface area contributed by atoms with E-state index in [1.807, 2.05) is 6.20 Å². The maximum absolute atomic E-state index is 5.80. The van der Waals surface area contributed by atoms with Crippen molar-refractivity contribution in [1.82, 2.24) is 5.32 Å². The summed E-state index contributed by atoms with van der Waals surface area (Å²) in [4.78, 5) is 0. The molecule has 1 aliphatic heterocycles. The highest BCUT2D eigenvalue weighted by molar-refractivity contribution is 5.14. The van der Waals surface area contributed by atoms with E-state index in [-0.39, 0.29) is 0 Å². The molecule has 3 N–H and O–H groups in total. The van der Waals surface area contributed by atoms with Gasteiger partial charge in [-0.15, -0.1) is 0 Å². The van der Waals surface area contributed by atoms with Gasteiger partial charge in [-0.3, -0.25) is 0 Å². The molecule has 0 saturated carbocycles. The zero-order valence-corrected chi connectivity index (χ0v) is 11.3. The average molecular weight is 224 g/mol. The van der Waals surface area contributed by atoms with Gasteiger partial charge in [-0.2, -0.15) is 0 Å². The molecule has 3 atom stereocenters. The normalized spacial score (nSPS) is 23.6. The second-order valence-electron chi connectivity index (χ2n) is 5.54. The summed E-state index contributed by atoms with van der Waals surface area (Å²) in [5.74, 6) is 2.90. The zero-order chi connectivity index (χ0) is 12.1. The molecule has 3 unspecified atom stereocenters.